The number of rotatable bonds is 6. The smallest absolute Gasteiger partial charge is 0.324 e. The fourth-order valence-electron chi connectivity index (χ4n) is 3.02. The van der Waals surface area contributed by atoms with Crippen LogP contribution in [0.5, 0.6) is 0 Å². The average Bonchev–Trinajstić information content (AvgIpc) is 3.16. The van der Waals surface area contributed by atoms with E-state index in [1.807, 2.05) is 6.92 Å². The van der Waals surface area contributed by atoms with Crippen molar-refractivity contribution in [2.75, 3.05) is 13.2 Å². The number of hydrogen-bond donors (Lipinski definition) is 1. The Hall–Kier alpha value is -0.610. The fraction of sp³-hybridized carbons (Fsp3) is 0.933. The first-order valence-electron chi connectivity index (χ1n) is 7.80. The van der Waals surface area contributed by atoms with Gasteiger partial charge in [0, 0.05) is 24.7 Å². The van der Waals surface area contributed by atoms with Gasteiger partial charge in [-0.25, -0.2) is 0 Å². The predicted molar refractivity (Wildman–Crippen MR) is 76.1 cm³/mol. The van der Waals surface area contributed by atoms with E-state index in [-0.39, 0.29) is 12.0 Å². The number of esters is 1. The van der Waals surface area contributed by atoms with Gasteiger partial charge in [-0.3, -0.25) is 9.69 Å². The van der Waals surface area contributed by atoms with Crippen molar-refractivity contribution in [2.24, 2.45) is 0 Å². The van der Waals surface area contributed by atoms with Crippen LogP contribution in [0.3, 0.4) is 0 Å². The van der Waals surface area contributed by atoms with Crippen LogP contribution in [-0.2, 0) is 9.53 Å². The summed E-state index contributed by atoms with van der Waals surface area (Å²) in [7, 11) is 0. The van der Waals surface area contributed by atoms with Crippen LogP contribution in [0.1, 0.15) is 52.9 Å². The number of ether oxygens (including phenoxy) is 1. The average molecular weight is 268 g/mol. The van der Waals surface area contributed by atoms with E-state index in [1.54, 1.807) is 0 Å². The number of nitrogens with zero attached hydrogens (tertiary/aromatic N) is 1. The number of piperidine rings is 1. The van der Waals surface area contributed by atoms with Crippen LogP contribution in [0.15, 0.2) is 0 Å². The Kier molecular flexibility index (Phi) is 5.22. The summed E-state index contributed by atoms with van der Waals surface area (Å²) in [6.45, 7) is 7.67. The minimum atomic E-state index is -0.157. The van der Waals surface area contributed by atoms with Crippen LogP contribution in [0.2, 0.25) is 0 Å². The molecule has 4 nitrogen and oxygen atoms in total. The van der Waals surface area contributed by atoms with E-state index < -0.39 is 0 Å². The first-order valence-corrected chi connectivity index (χ1v) is 7.80. The highest BCUT2D eigenvalue weighted by atomic mass is 16.5. The molecule has 0 bridgehead atoms. The highest BCUT2D eigenvalue weighted by Crippen LogP contribution is 2.24. The van der Waals surface area contributed by atoms with E-state index in [0.29, 0.717) is 24.7 Å². The summed E-state index contributed by atoms with van der Waals surface area (Å²) in [4.78, 5) is 14.6. The van der Waals surface area contributed by atoms with Gasteiger partial charge in [-0.05, 0) is 46.5 Å². The summed E-state index contributed by atoms with van der Waals surface area (Å²) >= 11 is 0. The van der Waals surface area contributed by atoms with Gasteiger partial charge in [0.15, 0.2) is 0 Å². The largest absolute Gasteiger partial charge is 0.465 e. The summed E-state index contributed by atoms with van der Waals surface area (Å²) in [5.41, 5.74) is 0. The lowest BCUT2D eigenvalue weighted by atomic mass is 9.97. The van der Waals surface area contributed by atoms with E-state index in [4.69, 9.17) is 4.74 Å². The molecule has 2 aliphatic rings. The van der Waals surface area contributed by atoms with Crippen molar-refractivity contribution < 1.29 is 9.53 Å². The standard InChI is InChI=1S/C15H28N2O2/c1-4-19-15(18)14(16-13-8-9-13)10-17-11(2)6-5-7-12(17)3/h11-14,16H,4-10H2,1-3H3. The van der Waals surface area contributed by atoms with Gasteiger partial charge in [0.1, 0.15) is 6.04 Å². The van der Waals surface area contributed by atoms with Gasteiger partial charge in [-0.1, -0.05) is 6.42 Å². The maximum absolute atomic E-state index is 12.1. The van der Waals surface area contributed by atoms with Crippen molar-refractivity contribution in [3.8, 4) is 0 Å². The minimum Gasteiger partial charge on any atom is -0.465 e. The molecular weight excluding hydrogens is 240 g/mol. The van der Waals surface area contributed by atoms with Gasteiger partial charge in [0.05, 0.1) is 6.61 Å². The molecule has 110 valence electrons. The molecule has 1 aliphatic heterocycles. The normalized spacial score (nSPS) is 30.1. The molecule has 0 aromatic rings. The summed E-state index contributed by atoms with van der Waals surface area (Å²) in [6.07, 6.45) is 6.17. The second kappa shape index (κ2) is 6.71. The molecule has 0 amide bonds. The zero-order valence-corrected chi connectivity index (χ0v) is 12.5. The molecule has 0 aromatic heterocycles. The molecule has 0 aromatic carbocycles. The summed E-state index contributed by atoms with van der Waals surface area (Å²) in [5, 5.41) is 3.45. The van der Waals surface area contributed by atoms with Crippen molar-refractivity contribution in [3.63, 3.8) is 0 Å². The second-order valence-electron chi connectivity index (χ2n) is 6.07. The molecule has 1 heterocycles. The lowest BCUT2D eigenvalue weighted by Gasteiger charge is -2.40. The van der Waals surface area contributed by atoms with E-state index in [9.17, 15) is 4.79 Å². The third kappa shape index (κ3) is 4.18. The maximum atomic E-state index is 12.1. The molecule has 2 fully saturated rings. The lowest BCUT2D eigenvalue weighted by Crippen LogP contribution is -2.53. The Morgan fingerprint density at radius 3 is 2.42 bits per heavy atom. The molecule has 1 saturated heterocycles. The number of likely N-dealkylation sites (tertiary alicyclic amines) is 1. The van der Waals surface area contributed by atoms with E-state index in [1.165, 1.54) is 32.1 Å². The third-order valence-electron chi connectivity index (χ3n) is 4.35. The van der Waals surface area contributed by atoms with Crippen LogP contribution in [0, 0.1) is 0 Å². The highest BCUT2D eigenvalue weighted by molar-refractivity contribution is 5.76. The van der Waals surface area contributed by atoms with Crippen molar-refractivity contribution in [3.05, 3.63) is 0 Å². The minimum absolute atomic E-state index is 0.0839. The molecule has 19 heavy (non-hydrogen) atoms. The lowest BCUT2D eigenvalue weighted by molar-refractivity contribution is -0.146. The molecule has 0 radical (unpaired) electrons. The van der Waals surface area contributed by atoms with Crippen molar-refractivity contribution >= 4 is 5.97 Å². The van der Waals surface area contributed by atoms with E-state index in [0.717, 1.165) is 6.54 Å². The van der Waals surface area contributed by atoms with E-state index in [2.05, 4.69) is 24.1 Å². The molecular formula is C15H28N2O2. The van der Waals surface area contributed by atoms with Crippen molar-refractivity contribution in [1.29, 1.82) is 0 Å². The molecule has 1 saturated carbocycles. The van der Waals surface area contributed by atoms with Gasteiger partial charge in [0.25, 0.3) is 0 Å². The quantitative estimate of drug-likeness (QED) is 0.748. The SMILES string of the molecule is CCOC(=O)C(CN1C(C)CCCC1C)NC1CC1. The first kappa shape index (κ1) is 14.8. The summed E-state index contributed by atoms with van der Waals surface area (Å²) in [6, 6.07) is 1.52. The Bertz CT molecular complexity index is 295. The van der Waals surface area contributed by atoms with Gasteiger partial charge < -0.3 is 10.1 Å². The fourth-order valence-corrected chi connectivity index (χ4v) is 3.02. The number of carbonyl (C=O) groups is 1. The Balaban J connectivity index is 1.94. The molecule has 4 heteroatoms. The van der Waals surface area contributed by atoms with Gasteiger partial charge >= 0.3 is 5.97 Å². The van der Waals surface area contributed by atoms with Crippen LogP contribution >= 0.6 is 0 Å². The summed E-state index contributed by atoms with van der Waals surface area (Å²) in [5.74, 6) is -0.0839. The van der Waals surface area contributed by atoms with Crippen LogP contribution < -0.4 is 5.32 Å². The molecule has 1 N–H and O–H groups in total. The molecule has 3 unspecified atom stereocenters. The topological polar surface area (TPSA) is 41.6 Å². The predicted octanol–water partition coefficient (Wildman–Crippen LogP) is 1.93. The highest BCUT2D eigenvalue weighted by Gasteiger charge is 2.33. The molecule has 2 rings (SSSR count). The van der Waals surface area contributed by atoms with Crippen LogP contribution in [0.25, 0.3) is 0 Å². The number of nitrogens with one attached hydrogen (secondary N) is 1. The first-order chi connectivity index (χ1) is 9.11. The Morgan fingerprint density at radius 1 is 1.26 bits per heavy atom. The molecule has 0 spiro atoms. The zero-order valence-electron chi connectivity index (χ0n) is 12.5. The Morgan fingerprint density at radius 2 is 1.89 bits per heavy atom. The molecule has 3 atom stereocenters. The van der Waals surface area contributed by atoms with Gasteiger partial charge in [0.2, 0.25) is 0 Å². The van der Waals surface area contributed by atoms with Gasteiger partial charge in [-0.15, -0.1) is 0 Å². The molecule has 1 aliphatic carbocycles. The Labute approximate surface area is 116 Å². The second-order valence-corrected chi connectivity index (χ2v) is 6.07. The van der Waals surface area contributed by atoms with Crippen LogP contribution in [0.4, 0.5) is 0 Å². The zero-order chi connectivity index (χ0) is 13.8. The summed E-state index contributed by atoms with van der Waals surface area (Å²) < 4.78 is 5.22. The number of carbonyl (C=O) groups excluding carboxylic acids is 1. The monoisotopic (exact) mass is 268 g/mol. The van der Waals surface area contributed by atoms with Crippen molar-refractivity contribution in [1.82, 2.24) is 10.2 Å². The number of hydrogen-bond acceptors (Lipinski definition) is 4. The maximum Gasteiger partial charge on any atom is 0.324 e. The third-order valence-corrected chi connectivity index (χ3v) is 4.35. The van der Waals surface area contributed by atoms with Crippen molar-refractivity contribution in [2.45, 2.75) is 77.0 Å². The van der Waals surface area contributed by atoms with Crippen LogP contribution in [-0.4, -0.2) is 48.2 Å². The van der Waals surface area contributed by atoms with E-state index >= 15 is 0 Å². The van der Waals surface area contributed by atoms with Gasteiger partial charge in [-0.2, -0.15) is 0 Å².